The molecule has 1 atom stereocenters. The highest BCUT2D eigenvalue weighted by atomic mass is 16.5. The number of carbonyl (C=O) groups excluding carboxylic acids is 2. The molecule has 3 aromatic rings. The SMILES string of the molecule is O=C1CCN(C(=O)c2ccccn2)CCCC(c2nc(-c3cccnc3)no2)CCN1. The van der Waals surface area contributed by atoms with E-state index in [0.717, 1.165) is 18.4 Å². The monoisotopic (exact) mass is 420 g/mol. The summed E-state index contributed by atoms with van der Waals surface area (Å²) in [4.78, 5) is 39.6. The molecule has 1 fully saturated rings. The zero-order chi connectivity index (χ0) is 21.5. The van der Waals surface area contributed by atoms with E-state index in [-0.39, 0.29) is 24.2 Å². The molecule has 0 radical (unpaired) electrons. The second-order valence-electron chi connectivity index (χ2n) is 7.43. The lowest BCUT2D eigenvalue weighted by atomic mass is 9.99. The Morgan fingerprint density at radius 2 is 2.06 bits per heavy atom. The van der Waals surface area contributed by atoms with Crippen LogP contribution in [-0.2, 0) is 4.79 Å². The van der Waals surface area contributed by atoms with Crippen LogP contribution < -0.4 is 5.32 Å². The molecule has 3 aromatic heterocycles. The molecule has 0 bridgehead atoms. The molecule has 31 heavy (non-hydrogen) atoms. The minimum absolute atomic E-state index is 0.0110. The summed E-state index contributed by atoms with van der Waals surface area (Å²) in [6.07, 6.45) is 7.43. The minimum Gasteiger partial charge on any atom is -0.356 e. The fourth-order valence-corrected chi connectivity index (χ4v) is 3.61. The number of rotatable bonds is 3. The second kappa shape index (κ2) is 9.92. The van der Waals surface area contributed by atoms with E-state index in [1.165, 1.54) is 0 Å². The van der Waals surface area contributed by atoms with E-state index in [9.17, 15) is 9.59 Å². The van der Waals surface area contributed by atoms with Crippen LogP contribution in [0, 0.1) is 0 Å². The van der Waals surface area contributed by atoms with Crippen LogP contribution in [0.2, 0.25) is 0 Å². The van der Waals surface area contributed by atoms with E-state index < -0.39 is 0 Å². The fourth-order valence-electron chi connectivity index (χ4n) is 3.61. The Bertz CT molecular complexity index is 1010. The molecule has 1 aliphatic heterocycles. The van der Waals surface area contributed by atoms with Crippen molar-refractivity contribution in [2.45, 2.75) is 31.6 Å². The third-order valence-corrected chi connectivity index (χ3v) is 5.29. The number of hydrogen-bond donors (Lipinski definition) is 1. The molecule has 160 valence electrons. The molecule has 1 unspecified atom stereocenters. The maximum atomic E-state index is 12.9. The van der Waals surface area contributed by atoms with Crippen molar-refractivity contribution in [1.29, 1.82) is 0 Å². The van der Waals surface area contributed by atoms with Gasteiger partial charge in [0.15, 0.2) is 0 Å². The molecule has 1 aliphatic rings. The third-order valence-electron chi connectivity index (χ3n) is 5.29. The minimum atomic E-state index is -0.166. The number of aromatic nitrogens is 4. The van der Waals surface area contributed by atoms with Crippen LogP contribution in [0.1, 0.15) is 48.0 Å². The molecule has 2 amide bonds. The first-order valence-corrected chi connectivity index (χ1v) is 10.4. The Balaban J connectivity index is 1.47. The van der Waals surface area contributed by atoms with Gasteiger partial charge < -0.3 is 14.7 Å². The van der Waals surface area contributed by atoms with Gasteiger partial charge in [0.25, 0.3) is 5.91 Å². The predicted molar refractivity (Wildman–Crippen MR) is 112 cm³/mol. The van der Waals surface area contributed by atoms with E-state index in [1.807, 2.05) is 12.1 Å². The Hall–Kier alpha value is -3.62. The number of amides is 2. The van der Waals surface area contributed by atoms with Gasteiger partial charge in [0, 0.05) is 56.1 Å². The van der Waals surface area contributed by atoms with Gasteiger partial charge in [-0.2, -0.15) is 4.98 Å². The summed E-state index contributed by atoms with van der Waals surface area (Å²) < 4.78 is 5.54. The van der Waals surface area contributed by atoms with Crippen molar-refractivity contribution in [2.24, 2.45) is 0 Å². The molecule has 0 spiro atoms. The lowest BCUT2D eigenvalue weighted by molar-refractivity contribution is -0.121. The topological polar surface area (TPSA) is 114 Å². The smallest absolute Gasteiger partial charge is 0.272 e. The van der Waals surface area contributed by atoms with Gasteiger partial charge in [-0.15, -0.1) is 0 Å². The first-order chi connectivity index (χ1) is 15.2. The van der Waals surface area contributed by atoms with Crippen LogP contribution >= 0.6 is 0 Å². The van der Waals surface area contributed by atoms with Crippen molar-refractivity contribution >= 4 is 11.8 Å². The molecule has 0 aromatic carbocycles. The highest BCUT2D eigenvalue weighted by Gasteiger charge is 2.23. The molecule has 9 nitrogen and oxygen atoms in total. The lowest BCUT2D eigenvalue weighted by Crippen LogP contribution is -2.36. The summed E-state index contributed by atoms with van der Waals surface area (Å²) in [6.45, 7) is 1.41. The maximum absolute atomic E-state index is 12.9. The summed E-state index contributed by atoms with van der Waals surface area (Å²) in [7, 11) is 0. The summed E-state index contributed by atoms with van der Waals surface area (Å²) in [5.41, 5.74) is 1.17. The molecule has 1 N–H and O–H groups in total. The summed E-state index contributed by atoms with van der Waals surface area (Å²) >= 11 is 0. The number of carbonyl (C=O) groups is 2. The molecule has 0 aliphatic carbocycles. The first-order valence-electron chi connectivity index (χ1n) is 10.4. The Labute approximate surface area is 179 Å². The highest BCUT2D eigenvalue weighted by molar-refractivity contribution is 5.92. The standard InChI is InChI=1S/C22H24N6O3/c29-19-9-14-28(22(30)18-7-1-2-11-24-18)13-4-6-16(8-12-25-19)21-26-20(27-31-21)17-5-3-10-23-15-17/h1-3,5,7,10-11,15-16H,4,6,8-9,12-14H2,(H,25,29). The highest BCUT2D eigenvalue weighted by Crippen LogP contribution is 2.26. The first kappa shape index (κ1) is 20.6. The quantitative estimate of drug-likeness (QED) is 0.692. The Morgan fingerprint density at radius 3 is 2.87 bits per heavy atom. The maximum Gasteiger partial charge on any atom is 0.272 e. The largest absolute Gasteiger partial charge is 0.356 e. The van der Waals surface area contributed by atoms with E-state index in [4.69, 9.17) is 4.52 Å². The Kier molecular flexibility index (Phi) is 6.61. The molecular weight excluding hydrogens is 396 g/mol. The van der Waals surface area contributed by atoms with Gasteiger partial charge in [-0.1, -0.05) is 11.2 Å². The number of pyridine rings is 2. The molecule has 1 saturated heterocycles. The van der Waals surface area contributed by atoms with Gasteiger partial charge >= 0.3 is 0 Å². The van der Waals surface area contributed by atoms with Crippen molar-refractivity contribution in [3.8, 4) is 11.4 Å². The van der Waals surface area contributed by atoms with Gasteiger partial charge in [-0.05, 0) is 43.5 Å². The van der Waals surface area contributed by atoms with Crippen LogP contribution in [0.15, 0.2) is 53.4 Å². The van der Waals surface area contributed by atoms with E-state index in [1.54, 1.807) is 41.7 Å². The van der Waals surface area contributed by atoms with Crippen molar-refractivity contribution in [3.63, 3.8) is 0 Å². The Morgan fingerprint density at radius 1 is 1.13 bits per heavy atom. The summed E-state index contributed by atoms with van der Waals surface area (Å²) in [5.74, 6) is 0.772. The van der Waals surface area contributed by atoms with Crippen molar-refractivity contribution in [1.82, 2.24) is 30.3 Å². The van der Waals surface area contributed by atoms with Crippen LogP contribution in [0.25, 0.3) is 11.4 Å². The van der Waals surface area contributed by atoms with Crippen molar-refractivity contribution in [2.75, 3.05) is 19.6 Å². The number of nitrogens with one attached hydrogen (secondary N) is 1. The van der Waals surface area contributed by atoms with Crippen LogP contribution in [0.4, 0.5) is 0 Å². The molecule has 9 heteroatoms. The zero-order valence-corrected chi connectivity index (χ0v) is 17.1. The normalized spacial score (nSPS) is 18.1. The average molecular weight is 420 g/mol. The second-order valence-corrected chi connectivity index (χ2v) is 7.43. The average Bonchev–Trinajstić information content (AvgIpc) is 3.29. The van der Waals surface area contributed by atoms with Gasteiger partial charge in [0.1, 0.15) is 5.69 Å². The van der Waals surface area contributed by atoms with Gasteiger partial charge in [0.2, 0.25) is 17.6 Å². The van der Waals surface area contributed by atoms with Crippen molar-refractivity contribution < 1.29 is 14.1 Å². The molecule has 4 rings (SSSR count). The van der Waals surface area contributed by atoms with Crippen LogP contribution in [-0.4, -0.2) is 56.5 Å². The molecular formula is C22H24N6O3. The van der Waals surface area contributed by atoms with Crippen LogP contribution in [0.3, 0.4) is 0 Å². The van der Waals surface area contributed by atoms with E-state index in [0.29, 0.717) is 43.5 Å². The molecule has 0 saturated carbocycles. The van der Waals surface area contributed by atoms with Crippen molar-refractivity contribution in [3.05, 3.63) is 60.5 Å². The lowest BCUT2D eigenvalue weighted by Gasteiger charge is -2.22. The van der Waals surface area contributed by atoms with Crippen LogP contribution in [0.5, 0.6) is 0 Å². The van der Waals surface area contributed by atoms with E-state index in [2.05, 4.69) is 25.4 Å². The van der Waals surface area contributed by atoms with Gasteiger partial charge in [0.05, 0.1) is 0 Å². The number of nitrogens with zero attached hydrogens (tertiary/aromatic N) is 5. The third kappa shape index (κ3) is 5.30. The fraction of sp³-hybridized carbons (Fsp3) is 0.364. The number of hydrogen-bond acceptors (Lipinski definition) is 7. The van der Waals surface area contributed by atoms with Gasteiger partial charge in [-0.25, -0.2) is 0 Å². The van der Waals surface area contributed by atoms with Gasteiger partial charge in [-0.3, -0.25) is 19.6 Å². The predicted octanol–water partition coefficient (Wildman–Crippen LogP) is 2.44. The molecule has 4 heterocycles. The van der Waals surface area contributed by atoms with E-state index >= 15 is 0 Å². The summed E-state index contributed by atoms with van der Waals surface area (Å²) in [6, 6.07) is 8.94. The summed E-state index contributed by atoms with van der Waals surface area (Å²) in [5, 5.41) is 7.01. The zero-order valence-electron chi connectivity index (χ0n) is 17.1.